The SMILES string of the molecule is CN(Cc1cccnc1)C1=NCOCN(c2ccccc2)c2cc(Cl)ccc21. The molecule has 0 atom stereocenters. The molecule has 6 heteroatoms. The molecule has 0 saturated heterocycles. The van der Waals surface area contributed by atoms with Crippen molar-refractivity contribution < 1.29 is 4.74 Å². The summed E-state index contributed by atoms with van der Waals surface area (Å²) in [6.45, 7) is 1.39. The smallest absolute Gasteiger partial charge is 0.142 e. The van der Waals surface area contributed by atoms with Gasteiger partial charge in [0.15, 0.2) is 0 Å². The average molecular weight is 393 g/mol. The van der Waals surface area contributed by atoms with E-state index < -0.39 is 0 Å². The second kappa shape index (κ2) is 8.42. The molecular weight excluding hydrogens is 372 g/mol. The van der Waals surface area contributed by atoms with Crippen LogP contribution in [0.1, 0.15) is 11.1 Å². The third-order valence-corrected chi connectivity index (χ3v) is 4.82. The Bertz CT molecular complexity index is 963. The van der Waals surface area contributed by atoms with Crippen molar-refractivity contribution in [3.05, 3.63) is 89.2 Å². The summed E-state index contributed by atoms with van der Waals surface area (Å²) < 4.78 is 5.83. The molecule has 0 N–H and O–H groups in total. The van der Waals surface area contributed by atoms with E-state index in [0.717, 1.165) is 28.3 Å². The van der Waals surface area contributed by atoms with Gasteiger partial charge in [-0.2, -0.15) is 0 Å². The summed E-state index contributed by atoms with van der Waals surface area (Å²) in [5.74, 6) is 0.858. The van der Waals surface area contributed by atoms with Gasteiger partial charge >= 0.3 is 0 Å². The van der Waals surface area contributed by atoms with Crippen LogP contribution in [0.5, 0.6) is 0 Å². The number of aliphatic imine (C=N–C) groups is 1. The first kappa shape index (κ1) is 18.5. The van der Waals surface area contributed by atoms with Crippen molar-refractivity contribution >= 4 is 28.8 Å². The van der Waals surface area contributed by atoms with Gasteiger partial charge < -0.3 is 14.5 Å². The fourth-order valence-corrected chi connectivity index (χ4v) is 3.47. The molecule has 0 aliphatic carbocycles. The van der Waals surface area contributed by atoms with E-state index in [4.69, 9.17) is 21.3 Å². The van der Waals surface area contributed by atoms with Crippen LogP contribution < -0.4 is 4.90 Å². The standard InChI is InChI=1S/C22H21ClN4O/c1-26(14-17-6-5-11-24-13-17)22-20-10-9-18(23)12-21(20)27(16-28-15-25-22)19-7-3-2-4-8-19/h2-13H,14-16H2,1H3. The summed E-state index contributed by atoms with van der Waals surface area (Å²) >= 11 is 6.35. The van der Waals surface area contributed by atoms with Crippen LogP contribution in [0.2, 0.25) is 5.02 Å². The molecule has 0 fully saturated rings. The van der Waals surface area contributed by atoms with Gasteiger partial charge in [0.05, 0.1) is 5.69 Å². The molecular formula is C22H21ClN4O. The Morgan fingerprint density at radius 2 is 1.96 bits per heavy atom. The maximum atomic E-state index is 6.35. The first-order valence-corrected chi connectivity index (χ1v) is 9.45. The van der Waals surface area contributed by atoms with Crippen molar-refractivity contribution in [2.75, 3.05) is 25.4 Å². The predicted molar refractivity (Wildman–Crippen MR) is 113 cm³/mol. The fourth-order valence-electron chi connectivity index (χ4n) is 3.30. The van der Waals surface area contributed by atoms with Crippen LogP contribution in [0.25, 0.3) is 0 Å². The molecule has 1 aliphatic rings. The van der Waals surface area contributed by atoms with Gasteiger partial charge in [0.1, 0.15) is 19.3 Å². The molecule has 0 radical (unpaired) electrons. The number of anilines is 2. The molecule has 0 amide bonds. The summed E-state index contributed by atoms with van der Waals surface area (Å²) in [6.07, 6.45) is 3.65. The van der Waals surface area contributed by atoms with Crippen LogP contribution in [0.4, 0.5) is 11.4 Å². The minimum atomic E-state index is 0.290. The molecule has 1 aliphatic heterocycles. The minimum Gasteiger partial charge on any atom is -0.355 e. The highest BCUT2D eigenvalue weighted by atomic mass is 35.5. The lowest BCUT2D eigenvalue weighted by molar-refractivity contribution is 0.147. The van der Waals surface area contributed by atoms with Crippen molar-refractivity contribution in [1.82, 2.24) is 9.88 Å². The number of halogens is 1. The van der Waals surface area contributed by atoms with Gasteiger partial charge in [-0.3, -0.25) is 4.98 Å². The number of rotatable bonds is 3. The van der Waals surface area contributed by atoms with E-state index in [-0.39, 0.29) is 6.73 Å². The maximum Gasteiger partial charge on any atom is 0.142 e. The van der Waals surface area contributed by atoms with Crippen LogP contribution in [0, 0.1) is 0 Å². The van der Waals surface area contributed by atoms with Gasteiger partial charge in [0.25, 0.3) is 0 Å². The normalized spacial score (nSPS) is 13.9. The number of hydrogen-bond acceptors (Lipinski definition) is 5. The lowest BCUT2D eigenvalue weighted by Crippen LogP contribution is -2.32. The van der Waals surface area contributed by atoms with E-state index in [1.54, 1.807) is 6.20 Å². The van der Waals surface area contributed by atoms with E-state index in [9.17, 15) is 0 Å². The first-order valence-electron chi connectivity index (χ1n) is 9.07. The number of para-hydroxylation sites is 1. The van der Waals surface area contributed by atoms with E-state index in [1.807, 2.05) is 55.7 Å². The van der Waals surface area contributed by atoms with E-state index in [0.29, 0.717) is 18.3 Å². The van der Waals surface area contributed by atoms with Crippen molar-refractivity contribution in [1.29, 1.82) is 0 Å². The quantitative estimate of drug-likeness (QED) is 0.648. The summed E-state index contributed by atoms with van der Waals surface area (Å²) in [4.78, 5) is 13.1. The predicted octanol–water partition coefficient (Wildman–Crippen LogP) is 4.70. The average Bonchev–Trinajstić information content (AvgIpc) is 2.71. The molecule has 2 heterocycles. The molecule has 5 nitrogen and oxygen atoms in total. The highest BCUT2D eigenvalue weighted by molar-refractivity contribution is 6.31. The van der Waals surface area contributed by atoms with Crippen molar-refractivity contribution in [3.63, 3.8) is 0 Å². The number of aromatic nitrogens is 1. The van der Waals surface area contributed by atoms with E-state index in [1.165, 1.54) is 0 Å². The summed E-state index contributed by atoms with van der Waals surface area (Å²) in [6, 6.07) is 20.0. The zero-order valence-electron chi connectivity index (χ0n) is 15.6. The highest BCUT2D eigenvalue weighted by Crippen LogP contribution is 2.33. The van der Waals surface area contributed by atoms with Crippen molar-refractivity contribution in [2.24, 2.45) is 4.99 Å². The lowest BCUT2D eigenvalue weighted by atomic mass is 10.1. The molecule has 0 unspecified atom stereocenters. The van der Waals surface area contributed by atoms with Gasteiger partial charge in [-0.1, -0.05) is 35.9 Å². The number of nitrogens with zero attached hydrogens (tertiary/aromatic N) is 4. The van der Waals surface area contributed by atoms with Crippen LogP contribution in [-0.4, -0.2) is 36.2 Å². The maximum absolute atomic E-state index is 6.35. The molecule has 0 spiro atoms. The molecule has 1 aromatic heterocycles. The molecule has 0 saturated carbocycles. The Kier molecular flexibility index (Phi) is 5.55. The summed E-state index contributed by atoms with van der Waals surface area (Å²) in [5.41, 5.74) is 4.14. The topological polar surface area (TPSA) is 41.0 Å². The monoisotopic (exact) mass is 392 g/mol. The summed E-state index contributed by atoms with van der Waals surface area (Å²) in [5, 5.41) is 0.675. The van der Waals surface area contributed by atoms with Crippen LogP contribution in [-0.2, 0) is 11.3 Å². The van der Waals surface area contributed by atoms with Gasteiger partial charge in [-0.15, -0.1) is 0 Å². The van der Waals surface area contributed by atoms with Crippen LogP contribution in [0.15, 0.2) is 78.0 Å². The summed E-state index contributed by atoms with van der Waals surface area (Å²) in [7, 11) is 2.03. The fraction of sp³-hybridized carbons (Fsp3) is 0.182. The Hall–Kier alpha value is -2.89. The Morgan fingerprint density at radius 3 is 2.75 bits per heavy atom. The number of hydrogen-bond donors (Lipinski definition) is 0. The van der Waals surface area contributed by atoms with Gasteiger partial charge in [-0.05, 0) is 42.0 Å². The molecule has 3 aromatic rings. The second-order valence-corrected chi connectivity index (χ2v) is 7.02. The van der Waals surface area contributed by atoms with Crippen LogP contribution >= 0.6 is 11.6 Å². The lowest BCUT2D eigenvalue weighted by Gasteiger charge is -2.31. The Balaban J connectivity index is 1.75. The Labute approximate surface area is 169 Å². The highest BCUT2D eigenvalue weighted by Gasteiger charge is 2.22. The van der Waals surface area contributed by atoms with Gasteiger partial charge in [0.2, 0.25) is 0 Å². The van der Waals surface area contributed by atoms with E-state index in [2.05, 4.69) is 33.0 Å². The number of fused-ring (bicyclic) bond motifs is 1. The first-order chi connectivity index (χ1) is 13.7. The Morgan fingerprint density at radius 1 is 1.11 bits per heavy atom. The van der Waals surface area contributed by atoms with Gasteiger partial charge in [0, 0.05) is 42.3 Å². The molecule has 2 aromatic carbocycles. The van der Waals surface area contributed by atoms with Crippen molar-refractivity contribution in [2.45, 2.75) is 6.54 Å². The number of benzene rings is 2. The molecule has 142 valence electrons. The zero-order valence-corrected chi connectivity index (χ0v) is 16.4. The number of ether oxygens (including phenoxy) is 1. The van der Waals surface area contributed by atoms with Gasteiger partial charge in [-0.25, -0.2) is 4.99 Å². The molecule has 0 bridgehead atoms. The van der Waals surface area contributed by atoms with Crippen LogP contribution in [0.3, 0.4) is 0 Å². The minimum absolute atomic E-state index is 0.290. The third-order valence-electron chi connectivity index (χ3n) is 4.59. The molecule has 4 rings (SSSR count). The van der Waals surface area contributed by atoms with Crippen molar-refractivity contribution in [3.8, 4) is 0 Å². The largest absolute Gasteiger partial charge is 0.355 e. The number of amidine groups is 1. The third kappa shape index (κ3) is 4.01. The second-order valence-electron chi connectivity index (χ2n) is 6.59. The molecule has 28 heavy (non-hydrogen) atoms. The zero-order chi connectivity index (χ0) is 19.3. The van der Waals surface area contributed by atoms with E-state index >= 15 is 0 Å². The number of pyridine rings is 1.